The van der Waals surface area contributed by atoms with Crippen molar-refractivity contribution in [2.45, 2.75) is 54.6 Å². The maximum Gasteiger partial charge on any atom is 0.351 e. The molecule has 28 heavy (non-hydrogen) atoms. The van der Waals surface area contributed by atoms with E-state index in [4.69, 9.17) is 9.47 Å². The summed E-state index contributed by atoms with van der Waals surface area (Å²) < 4.78 is 15.8. The highest BCUT2D eigenvalue weighted by molar-refractivity contribution is 6.37. The average molecular weight is 381 g/mol. The van der Waals surface area contributed by atoms with Crippen LogP contribution in [-0.2, 0) is 0 Å². The molecule has 148 valence electrons. The molecule has 0 spiro atoms. The van der Waals surface area contributed by atoms with Gasteiger partial charge in [0.25, 0.3) is 11.4 Å². The first-order valence-electron chi connectivity index (χ1n) is 9.77. The fourth-order valence-corrected chi connectivity index (χ4v) is 4.56. The summed E-state index contributed by atoms with van der Waals surface area (Å²) in [6, 6.07) is 8.46. The van der Waals surface area contributed by atoms with Gasteiger partial charge in [0, 0.05) is 36.1 Å². The molecule has 0 unspecified atom stereocenters. The van der Waals surface area contributed by atoms with E-state index in [2.05, 4.69) is 81.9 Å². The van der Waals surface area contributed by atoms with Crippen molar-refractivity contribution in [2.75, 3.05) is 14.2 Å². The van der Waals surface area contributed by atoms with Crippen LogP contribution in [0.3, 0.4) is 0 Å². The van der Waals surface area contributed by atoms with Gasteiger partial charge in [-0.05, 0) is 52.0 Å². The van der Waals surface area contributed by atoms with Crippen molar-refractivity contribution >= 4 is 22.8 Å². The quantitative estimate of drug-likeness (QED) is 0.680. The third-order valence-corrected chi connectivity index (χ3v) is 5.88. The molecule has 0 N–H and O–H groups in total. The lowest BCUT2D eigenvalue weighted by Gasteiger charge is -2.14. The first-order valence-corrected chi connectivity index (χ1v) is 9.77. The van der Waals surface area contributed by atoms with Crippen LogP contribution in [0, 0.1) is 27.7 Å². The van der Waals surface area contributed by atoms with Crippen LogP contribution in [0.25, 0.3) is 0 Å². The first kappa shape index (κ1) is 20.1. The topological polar surface area (TPSA) is 24.5 Å². The molecule has 0 saturated carbocycles. The Labute approximate surface area is 168 Å². The molecule has 0 amide bonds. The summed E-state index contributed by atoms with van der Waals surface area (Å²) in [5.74, 6) is 1.81. The van der Waals surface area contributed by atoms with E-state index < -0.39 is 0 Å². The Morgan fingerprint density at radius 1 is 0.607 bits per heavy atom. The van der Waals surface area contributed by atoms with E-state index >= 15 is 0 Å². The molecular formula is C24H32N2O2+2. The van der Waals surface area contributed by atoms with E-state index in [-0.39, 0.29) is 6.17 Å². The molecule has 0 aliphatic carbocycles. The summed E-state index contributed by atoms with van der Waals surface area (Å²) in [6.07, 6.45) is 0.177. The van der Waals surface area contributed by atoms with E-state index in [1.807, 2.05) is 0 Å². The number of rotatable bonds is 4. The zero-order chi connectivity index (χ0) is 20.7. The number of benzene rings is 2. The molecule has 0 aromatic heterocycles. The van der Waals surface area contributed by atoms with E-state index in [0.29, 0.717) is 0 Å². The molecular weight excluding hydrogens is 348 g/mol. The third-order valence-electron chi connectivity index (χ3n) is 5.88. The minimum atomic E-state index is 0.177. The van der Waals surface area contributed by atoms with Gasteiger partial charge in [-0.1, -0.05) is 0 Å². The summed E-state index contributed by atoms with van der Waals surface area (Å²) in [4.78, 5) is 0. The van der Waals surface area contributed by atoms with Gasteiger partial charge in [0.1, 0.15) is 11.5 Å². The van der Waals surface area contributed by atoms with Crippen LogP contribution in [0.2, 0.25) is 0 Å². The van der Waals surface area contributed by atoms with E-state index in [1.54, 1.807) is 14.2 Å². The van der Waals surface area contributed by atoms with Gasteiger partial charge in [0.15, 0.2) is 0 Å². The fourth-order valence-electron chi connectivity index (χ4n) is 4.56. The predicted molar refractivity (Wildman–Crippen MR) is 116 cm³/mol. The maximum absolute atomic E-state index is 5.46. The van der Waals surface area contributed by atoms with Crippen LogP contribution < -0.4 is 9.47 Å². The maximum atomic E-state index is 5.46. The lowest BCUT2D eigenvalue weighted by molar-refractivity contribution is -0.688. The zero-order valence-electron chi connectivity index (χ0n) is 18.6. The molecule has 0 fully saturated rings. The van der Waals surface area contributed by atoms with Gasteiger partial charge < -0.3 is 9.47 Å². The van der Waals surface area contributed by atoms with Crippen LogP contribution in [0.1, 0.15) is 43.0 Å². The minimum Gasteiger partial charge on any atom is -0.497 e. The first-order chi connectivity index (χ1) is 13.2. The largest absolute Gasteiger partial charge is 0.497 e. The van der Waals surface area contributed by atoms with Crippen LogP contribution in [0.4, 0.5) is 11.4 Å². The van der Waals surface area contributed by atoms with Gasteiger partial charge >= 0.3 is 6.17 Å². The van der Waals surface area contributed by atoms with Crippen molar-refractivity contribution < 1.29 is 18.6 Å². The van der Waals surface area contributed by atoms with Crippen molar-refractivity contribution in [3.63, 3.8) is 0 Å². The highest BCUT2D eigenvalue weighted by Crippen LogP contribution is 2.36. The van der Waals surface area contributed by atoms with Gasteiger partial charge in [-0.25, -0.2) is 0 Å². The minimum absolute atomic E-state index is 0.177. The van der Waals surface area contributed by atoms with E-state index in [1.165, 1.54) is 45.1 Å². The van der Waals surface area contributed by atoms with Crippen molar-refractivity contribution in [1.82, 2.24) is 0 Å². The van der Waals surface area contributed by atoms with E-state index in [9.17, 15) is 0 Å². The molecule has 1 aliphatic heterocycles. The van der Waals surface area contributed by atoms with Gasteiger partial charge in [-0.2, -0.15) is 0 Å². The fraction of sp³-hybridized carbons (Fsp3) is 0.417. The second-order valence-corrected chi connectivity index (χ2v) is 7.76. The van der Waals surface area contributed by atoms with Crippen LogP contribution >= 0.6 is 0 Å². The zero-order valence-corrected chi connectivity index (χ0v) is 18.6. The van der Waals surface area contributed by atoms with Crippen molar-refractivity contribution in [3.8, 4) is 11.5 Å². The molecule has 0 bridgehead atoms. The second kappa shape index (κ2) is 7.42. The van der Waals surface area contributed by atoms with Crippen LogP contribution in [0.5, 0.6) is 11.5 Å². The smallest absolute Gasteiger partial charge is 0.351 e. The number of methoxy groups -OCH3 is 2. The molecule has 0 radical (unpaired) electrons. The molecule has 4 nitrogen and oxygen atoms in total. The molecule has 2 aromatic rings. The third kappa shape index (κ3) is 3.11. The number of nitrogens with zero attached hydrogens (tertiary/aromatic N) is 2. The Hall–Kier alpha value is -2.62. The van der Waals surface area contributed by atoms with Gasteiger partial charge in [0.05, 0.1) is 21.1 Å². The van der Waals surface area contributed by atoms with Crippen LogP contribution in [-0.4, -0.2) is 41.0 Å². The molecule has 1 heterocycles. The summed E-state index contributed by atoms with van der Waals surface area (Å²) in [5, 5.41) is 0. The molecule has 4 heteroatoms. The highest BCUT2D eigenvalue weighted by atomic mass is 16.5. The van der Waals surface area contributed by atoms with E-state index in [0.717, 1.165) is 11.5 Å². The standard InChI is InChI=1S/C24H32N2O2/c1-14-10-21(27-8)11-15(2)23(14)25-18(5)19(6)26(20(25)7)24-16(3)12-22(28-9)13-17(24)4/h10-13,20H,1-9H3/q+2. The summed E-state index contributed by atoms with van der Waals surface area (Å²) in [7, 11) is 3.44. The van der Waals surface area contributed by atoms with Gasteiger partial charge in [0.2, 0.25) is 11.4 Å². The monoisotopic (exact) mass is 380 g/mol. The van der Waals surface area contributed by atoms with Gasteiger partial charge in [-0.3, -0.25) is 0 Å². The Kier molecular flexibility index (Phi) is 5.33. The van der Waals surface area contributed by atoms with Crippen molar-refractivity contribution in [3.05, 3.63) is 46.5 Å². The number of aryl methyl sites for hydroxylation is 4. The van der Waals surface area contributed by atoms with Crippen LogP contribution in [0.15, 0.2) is 24.3 Å². The van der Waals surface area contributed by atoms with Crippen molar-refractivity contribution in [2.24, 2.45) is 0 Å². The SMILES string of the molecule is COc1cc(C)c([N+]2=C(C)C(C)=[N+](c3c(C)cc(OC)cc3C)C2C)c(C)c1. The Morgan fingerprint density at radius 2 is 0.893 bits per heavy atom. The average Bonchev–Trinajstić information content (AvgIpc) is 2.85. The highest BCUT2D eigenvalue weighted by Gasteiger charge is 2.45. The second-order valence-electron chi connectivity index (χ2n) is 7.76. The summed E-state index contributed by atoms with van der Waals surface area (Å²) >= 11 is 0. The lowest BCUT2D eigenvalue weighted by Crippen LogP contribution is -2.27. The number of ether oxygens (including phenoxy) is 2. The molecule has 0 atom stereocenters. The summed E-state index contributed by atoms with van der Waals surface area (Å²) in [6.45, 7) is 15.3. The lowest BCUT2D eigenvalue weighted by atomic mass is 10.1. The number of hydrogen-bond donors (Lipinski definition) is 0. The Balaban J connectivity index is 2.16. The molecule has 2 aromatic carbocycles. The Morgan fingerprint density at radius 3 is 1.14 bits per heavy atom. The number of hydrogen-bond acceptors (Lipinski definition) is 2. The molecule has 1 aliphatic rings. The van der Waals surface area contributed by atoms with Crippen molar-refractivity contribution in [1.29, 1.82) is 0 Å². The Bertz CT molecular complexity index is 888. The van der Waals surface area contributed by atoms with Gasteiger partial charge in [-0.15, -0.1) is 9.15 Å². The predicted octanol–water partition coefficient (Wildman–Crippen LogP) is 5.21. The summed E-state index contributed by atoms with van der Waals surface area (Å²) in [5.41, 5.74) is 9.97. The molecule has 3 rings (SSSR count). The molecule has 0 saturated heterocycles. The normalized spacial score (nSPS) is 14.9.